The Balaban J connectivity index is 1.84. The van der Waals surface area contributed by atoms with Crippen molar-refractivity contribution in [3.05, 3.63) is 89.0 Å². The molecule has 0 aromatic heterocycles. The largest absolute Gasteiger partial charge is 0.465 e. The van der Waals surface area contributed by atoms with E-state index in [9.17, 15) is 23.1 Å². The van der Waals surface area contributed by atoms with Crippen molar-refractivity contribution in [2.75, 3.05) is 7.11 Å². The van der Waals surface area contributed by atoms with E-state index in [0.29, 0.717) is 17.5 Å². The molecule has 0 heterocycles. The van der Waals surface area contributed by atoms with E-state index in [1.54, 1.807) is 18.2 Å². The summed E-state index contributed by atoms with van der Waals surface area (Å²) < 4.78 is 43.1. The van der Waals surface area contributed by atoms with Crippen LogP contribution in [0.1, 0.15) is 46.5 Å². The number of alkyl halides is 3. The average molecular weight is 402 g/mol. The highest BCUT2D eigenvalue weighted by Gasteiger charge is 2.35. The number of carbonyl (C=O) groups is 1. The number of ether oxygens (including phenoxy) is 1. The van der Waals surface area contributed by atoms with E-state index in [2.05, 4.69) is 0 Å². The number of allylic oxidation sites excluding steroid dienone is 3. The highest BCUT2D eigenvalue weighted by molar-refractivity contribution is 5.90. The minimum absolute atomic E-state index is 0.412. The van der Waals surface area contributed by atoms with Crippen LogP contribution in [-0.4, -0.2) is 18.2 Å². The summed E-state index contributed by atoms with van der Waals surface area (Å²) in [6, 6.07) is 11.6. The molecular weight excluding hydrogens is 381 g/mol. The Bertz CT molecular complexity index is 958. The Kier molecular flexibility index (Phi) is 5.66. The number of halogens is 3. The second kappa shape index (κ2) is 7.87. The lowest BCUT2D eigenvalue weighted by molar-refractivity contribution is -0.137. The number of hydrogen-bond acceptors (Lipinski definition) is 3. The molecule has 2 aromatic rings. The summed E-state index contributed by atoms with van der Waals surface area (Å²) in [5.74, 6) is -0.439. The van der Waals surface area contributed by atoms with E-state index in [1.807, 2.05) is 31.2 Å². The van der Waals surface area contributed by atoms with Crippen LogP contribution in [0.15, 0.2) is 66.8 Å². The number of methoxy groups -OCH3 is 1. The van der Waals surface area contributed by atoms with E-state index in [1.165, 1.54) is 19.2 Å². The molecule has 0 unspecified atom stereocenters. The van der Waals surface area contributed by atoms with Crippen molar-refractivity contribution < 1.29 is 27.8 Å². The predicted octanol–water partition coefficient (Wildman–Crippen LogP) is 5.58. The van der Waals surface area contributed by atoms with E-state index < -0.39 is 29.2 Å². The summed E-state index contributed by atoms with van der Waals surface area (Å²) in [6.45, 7) is 1.85. The number of esters is 1. The Morgan fingerprint density at radius 1 is 1.17 bits per heavy atom. The second-order valence-corrected chi connectivity index (χ2v) is 7.33. The van der Waals surface area contributed by atoms with Crippen LogP contribution < -0.4 is 0 Å². The quantitative estimate of drug-likeness (QED) is 0.680. The first-order chi connectivity index (χ1) is 13.6. The summed E-state index contributed by atoms with van der Waals surface area (Å²) >= 11 is 0. The van der Waals surface area contributed by atoms with Gasteiger partial charge in [0.1, 0.15) is 0 Å². The molecule has 1 aliphatic carbocycles. The van der Waals surface area contributed by atoms with Gasteiger partial charge in [0.2, 0.25) is 0 Å². The fraction of sp³-hybridized carbons (Fsp3) is 0.261. The first kappa shape index (κ1) is 20.9. The van der Waals surface area contributed by atoms with Crippen molar-refractivity contribution in [2.45, 2.75) is 25.6 Å². The molecule has 0 amide bonds. The molecule has 1 aliphatic rings. The predicted molar refractivity (Wildman–Crippen MR) is 104 cm³/mol. The Labute approximate surface area is 167 Å². The van der Waals surface area contributed by atoms with E-state index >= 15 is 0 Å². The molecule has 0 aliphatic heterocycles. The fourth-order valence-corrected chi connectivity index (χ4v) is 3.50. The molecule has 0 spiro atoms. The first-order valence-electron chi connectivity index (χ1n) is 9.06. The van der Waals surface area contributed by atoms with Crippen LogP contribution in [0.25, 0.3) is 5.57 Å². The lowest BCUT2D eigenvalue weighted by Crippen LogP contribution is -2.25. The summed E-state index contributed by atoms with van der Waals surface area (Å²) in [7, 11) is 1.31. The molecule has 152 valence electrons. The molecule has 0 saturated heterocycles. The number of benzene rings is 2. The maximum absolute atomic E-state index is 12.8. The molecular formula is C23H21F3O3. The van der Waals surface area contributed by atoms with Crippen LogP contribution >= 0.6 is 0 Å². The monoisotopic (exact) mass is 402 g/mol. The van der Waals surface area contributed by atoms with Crippen LogP contribution in [-0.2, 0) is 10.9 Å². The normalized spacial score (nSPS) is 20.1. The van der Waals surface area contributed by atoms with Crippen LogP contribution in [0.5, 0.6) is 0 Å². The van der Waals surface area contributed by atoms with Gasteiger partial charge >= 0.3 is 12.1 Å². The van der Waals surface area contributed by atoms with Crippen LogP contribution in [0.3, 0.4) is 0 Å². The summed E-state index contributed by atoms with van der Waals surface area (Å²) in [5.41, 5.74) is 1.10. The number of aliphatic hydroxyl groups excluding tert-OH is 1. The SMILES string of the molecule is COC(=O)c1cccc(C2=CC=C[C@@](C)([C@@H](O)c3ccc(C(F)(F)F)cc3)C2)c1. The highest BCUT2D eigenvalue weighted by atomic mass is 19.4. The Morgan fingerprint density at radius 3 is 2.48 bits per heavy atom. The third-order valence-electron chi connectivity index (χ3n) is 5.18. The standard InChI is InChI=1S/C23H21F3O3/c1-22(20(27)15-8-10-19(11-9-15)23(24,25)26)12-4-7-18(14-22)16-5-3-6-17(13-16)21(28)29-2/h3-13,20,27H,14H2,1-2H3/t20-,22+/m0/s1. The van der Waals surface area contributed by atoms with Gasteiger partial charge in [0.05, 0.1) is 24.3 Å². The van der Waals surface area contributed by atoms with Gasteiger partial charge in [-0.15, -0.1) is 0 Å². The molecule has 3 rings (SSSR count). The van der Waals surface area contributed by atoms with Gasteiger partial charge in [-0.25, -0.2) is 4.79 Å². The molecule has 29 heavy (non-hydrogen) atoms. The zero-order chi connectivity index (χ0) is 21.2. The fourth-order valence-electron chi connectivity index (χ4n) is 3.50. The number of carbonyl (C=O) groups excluding carboxylic acids is 1. The van der Waals surface area contributed by atoms with E-state index in [0.717, 1.165) is 23.3 Å². The Hall–Kier alpha value is -2.86. The molecule has 1 N–H and O–H groups in total. The van der Waals surface area contributed by atoms with Crippen molar-refractivity contribution in [3.63, 3.8) is 0 Å². The number of hydrogen-bond donors (Lipinski definition) is 1. The maximum atomic E-state index is 12.8. The van der Waals surface area contributed by atoms with Crippen molar-refractivity contribution in [1.82, 2.24) is 0 Å². The minimum Gasteiger partial charge on any atom is -0.465 e. The van der Waals surface area contributed by atoms with Gasteiger partial charge in [0.25, 0.3) is 0 Å². The van der Waals surface area contributed by atoms with E-state index in [4.69, 9.17) is 4.74 Å². The van der Waals surface area contributed by atoms with Crippen molar-refractivity contribution in [1.29, 1.82) is 0 Å². The zero-order valence-electron chi connectivity index (χ0n) is 16.0. The van der Waals surface area contributed by atoms with E-state index in [-0.39, 0.29) is 0 Å². The minimum atomic E-state index is -4.42. The van der Waals surface area contributed by atoms with Crippen molar-refractivity contribution in [3.8, 4) is 0 Å². The summed E-state index contributed by atoms with van der Waals surface area (Å²) in [4.78, 5) is 11.8. The van der Waals surface area contributed by atoms with Crippen LogP contribution in [0.4, 0.5) is 13.2 Å². The molecule has 0 radical (unpaired) electrons. The Morgan fingerprint density at radius 2 is 1.86 bits per heavy atom. The molecule has 0 saturated carbocycles. The van der Waals surface area contributed by atoms with Crippen LogP contribution in [0, 0.1) is 5.41 Å². The average Bonchev–Trinajstić information content (AvgIpc) is 2.72. The van der Waals surface area contributed by atoms with Crippen molar-refractivity contribution in [2.24, 2.45) is 5.41 Å². The van der Waals surface area contributed by atoms with Gasteiger partial charge < -0.3 is 9.84 Å². The third-order valence-corrected chi connectivity index (χ3v) is 5.18. The molecule has 2 aromatic carbocycles. The summed E-state index contributed by atoms with van der Waals surface area (Å²) in [5, 5.41) is 10.9. The van der Waals surface area contributed by atoms with Crippen molar-refractivity contribution >= 4 is 11.5 Å². The lowest BCUT2D eigenvalue weighted by Gasteiger charge is -2.35. The molecule has 3 nitrogen and oxygen atoms in total. The smallest absolute Gasteiger partial charge is 0.416 e. The van der Waals surface area contributed by atoms with Gasteiger partial charge in [-0.3, -0.25) is 0 Å². The van der Waals surface area contributed by atoms with Gasteiger partial charge in [0.15, 0.2) is 0 Å². The number of aliphatic hydroxyl groups is 1. The third kappa shape index (κ3) is 4.43. The second-order valence-electron chi connectivity index (χ2n) is 7.33. The van der Waals surface area contributed by atoms with Crippen LogP contribution in [0.2, 0.25) is 0 Å². The maximum Gasteiger partial charge on any atom is 0.416 e. The molecule has 0 bridgehead atoms. The van der Waals surface area contributed by atoms with Gasteiger partial charge in [-0.2, -0.15) is 13.2 Å². The zero-order valence-corrected chi connectivity index (χ0v) is 16.0. The van der Waals surface area contributed by atoms with Gasteiger partial charge in [-0.05, 0) is 47.4 Å². The first-order valence-corrected chi connectivity index (χ1v) is 9.06. The molecule has 2 atom stereocenters. The molecule has 0 fully saturated rings. The van der Waals surface area contributed by atoms with Gasteiger partial charge in [0, 0.05) is 5.41 Å². The molecule has 6 heteroatoms. The number of rotatable bonds is 4. The topological polar surface area (TPSA) is 46.5 Å². The highest BCUT2D eigenvalue weighted by Crippen LogP contribution is 2.45. The lowest BCUT2D eigenvalue weighted by atomic mass is 9.72. The summed E-state index contributed by atoms with van der Waals surface area (Å²) in [6.07, 6.45) is 0.612. The van der Waals surface area contributed by atoms with Gasteiger partial charge in [-0.1, -0.05) is 49.4 Å².